The number of fused-ring (bicyclic) bond motifs is 1. The summed E-state index contributed by atoms with van der Waals surface area (Å²) in [5, 5.41) is 11.8. The van der Waals surface area contributed by atoms with Crippen molar-refractivity contribution in [3.05, 3.63) is 53.5 Å². The number of methoxy groups -OCH3 is 2. The number of hydrogen-bond donors (Lipinski definition) is 2. The molecule has 0 radical (unpaired) electrons. The van der Waals surface area contributed by atoms with E-state index in [0.29, 0.717) is 29.2 Å². The van der Waals surface area contributed by atoms with Crippen LogP contribution in [-0.4, -0.2) is 37.4 Å². The van der Waals surface area contributed by atoms with E-state index in [9.17, 15) is 4.79 Å². The largest absolute Gasteiger partial charge is 0.497 e. The van der Waals surface area contributed by atoms with Gasteiger partial charge in [0.2, 0.25) is 0 Å². The van der Waals surface area contributed by atoms with Crippen LogP contribution in [0.5, 0.6) is 11.5 Å². The van der Waals surface area contributed by atoms with E-state index in [1.54, 1.807) is 49.7 Å². The van der Waals surface area contributed by atoms with Crippen molar-refractivity contribution in [1.29, 1.82) is 5.41 Å². The third-order valence-electron chi connectivity index (χ3n) is 4.60. The molecule has 2 aliphatic heterocycles. The highest BCUT2D eigenvalue weighted by atomic mass is 16.5. The van der Waals surface area contributed by atoms with Crippen molar-refractivity contribution in [2.75, 3.05) is 31.0 Å². The zero-order valence-electron chi connectivity index (χ0n) is 14.5. The van der Waals surface area contributed by atoms with Gasteiger partial charge in [0.1, 0.15) is 17.3 Å². The first-order chi connectivity index (χ1) is 12.6. The number of carbonyl (C=O) groups excluding carboxylic acids is 1. The van der Waals surface area contributed by atoms with E-state index in [-0.39, 0.29) is 18.2 Å². The Balaban J connectivity index is 1.70. The van der Waals surface area contributed by atoms with Gasteiger partial charge in [-0.05, 0) is 11.6 Å². The van der Waals surface area contributed by atoms with E-state index in [4.69, 9.17) is 14.9 Å². The van der Waals surface area contributed by atoms with Crippen LogP contribution >= 0.6 is 0 Å². The first-order valence-electron chi connectivity index (χ1n) is 8.16. The van der Waals surface area contributed by atoms with Crippen LogP contribution in [0.4, 0.5) is 11.4 Å². The summed E-state index contributed by atoms with van der Waals surface area (Å²) in [5.74, 6) is 1.31. The van der Waals surface area contributed by atoms with Gasteiger partial charge in [0.25, 0.3) is 0 Å². The third kappa shape index (κ3) is 2.57. The Morgan fingerprint density at radius 2 is 1.92 bits per heavy atom. The molecule has 0 spiro atoms. The molecule has 1 saturated heterocycles. The number of carbonyl (C=O) groups is 1. The number of hydrogen-bond acceptors (Lipinski definition) is 6. The molecule has 0 saturated carbocycles. The second-order valence-corrected chi connectivity index (χ2v) is 6.12. The van der Waals surface area contributed by atoms with E-state index in [1.807, 2.05) is 6.07 Å². The molecule has 4 rings (SSSR count). The number of amidine groups is 1. The summed E-state index contributed by atoms with van der Waals surface area (Å²) < 4.78 is 10.6. The average Bonchev–Trinajstić information content (AvgIpc) is 3.21. The highest BCUT2D eigenvalue weighted by Crippen LogP contribution is 2.35. The second kappa shape index (κ2) is 6.18. The molecule has 3 heterocycles. The summed E-state index contributed by atoms with van der Waals surface area (Å²) in [5.41, 5.74) is 3.82. The normalized spacial score (nSPS) is 18.8. The predicted octanol–water partition coefficient (Wildman–Crippen LogP) is 2.39. The molecular weight excluding hydrogens is 332 g/mol. The number of pyridine rings is 1. The van der Waals surface area contributed by atoms with Gasteiger partial charge in [-0.1, -0.05) is 0 Å². The van der Waals surface area contributed by atoms with Crippen molar-refractivity contribution in [2.24, 2.45) is 0 Å². The lowest BCUT2D eigenvalue weighted by atomic mass is 10.1. The summed E-state index contributed by atoms with van der Waals surface area (Å²) in [6.45, 7) is 0.115. The Morgan fingerprint density at radius 3 is 2.58 bits per heavy atom. The van der Waals surface area contributed by atoms with Crippen LogP contribution in [0, 0.1) is 5.41 Å². The molecule has 1 aromatic heterocycles. The number of benzene rings is 1. The van der Waals surface area contributed by atoms with Crippen molar-refractivity contribution in [1.82, 2.24) is 4.98 Å². The van der Waals surface area contributed by atoms with Gasteiger partial charge in [0.05, 0.1) is 43.9 Å². The molecule has 0 atom stereocenters. The quantitative estimate of drug-likeness (QED) is 0.827. The van der Waals surface area contributed by atoms with E-state index in [2.05, 4.69) is 10.3 Å². The van der Waals surface area contributed by atoms with Gasteiger partial charge in [-0.2, -0.15) is 0 Å². The Bertz CT molecular complexity index is 902. The molecule has 2 aromatic rings. The standard InChI is InChI=1S/C19H18N4O3/c1-25-13-6-12(7-14(8-13)26-2)23-10-17(24)18(19(23)20)15-5-11-3-4-21-9-16(11)22-15/h3-4,6-9,20,22H,5,10H2,1-2H3. The molecule has 2 N–H and O–H groups in total. The van der Waals surface area contributed by atoms with Gasteiger partial charge in [0, 0.05) is 36.5 Å². The zero-order valence-corrected chi connectivity index (χ0v) is 14.5. The number of ether oxygens (including phenoxy) is 2. The van der Waals surface area contributed by atoms with Crippen LogP contribution in [0.15, 0.2) is 47.9 Å². The van der Waals surface area contributed by atoms with Crippen molar-refractivity contribution in [2.45, 2.75) is 6.42 Å². The lowest BCUT2D eigenvalue weighted by molar-refractivity contribution is -0.113. The topological polar surface area (TPSA) is 87.5 Å². The number of allylic oxidation sites excluding steroid dienone is 1. The summed E-state index contributed by atoms with van der Waals surface area (Å²) in [6, 6.07) is 7.26. The van der Waals surface area contributed by atoms with Gasteiger partial charge in [-0.15, -0.1) is 0 Å². The number of nitrogens with one attached hydrogen (secondary N) is 2. The van der Waals surface area contributed by atoms with Crippen LogP contribution in [0.25, 0.3) is 0 Å². The van der Waals surface area contributed by atoms with Crippen LogP contribution in [0.3, 0.4) is 0 Å². The van der Waals surface area contributed by atoms with Gasteiger partial charge in [-0.25, -0.2) is 0 Å². The summed E-state index contributed by atoms with van der Waals surface area (Å²) in [4.78, 5) is 18.4. The van der Waals surface area contributed by atoms with Crippen LogP contribution in [0.2, 0.25) is 0 Å². The molecule has 7 nitrogen and oxygen atoms in total. The number of Topliss-reactive ketones (excluding diaryl/α,β-unsaturated/α-hetero) is 1. The van der Waals surface area contributed by atoms with Gasteiger partial charge < -0.3 is 19.7 Å². The number of aromatic nitrogens is 1. The highest BCUT2D eigenvalue weighted by molar-refractivity contribution is 6.33. The maximum Gasteiger partial charge on any atom is 0.188 e. The SMILES string of the molecule is COc1cc(OC)cc(N2CC(=O)C(=C3Cc4ccncc4N3)C2=N)c1. The fraction of sp³-hybridized carbons (Fsp3) is 0.211. The molecule has 7 heteroatoms. The monoisotopic (exact) mass is 350 g/mol. The Labute approximate surface area is 150 Å². The minimum Gasteiger partial charge on any atom is -0.497 e. The maximum absolute atomic E-state index is 12.7. The predicted molar refractivity (Wildman–Crippen MR) is 98.2 cm³/mol. The molecule has 1 fully saturated rings. The van der Waals surface area contributed by atoms with Crippen molar-refractivity contribution in [3.8, 4) is 11.5 Å². The lowest BCUT2D eigenvalue weighted by Crippen LogP contribution is -2.24. The molecule has 0 bridgehead atoms. The first kappa shape index (κ1) is 16.1. The van der Waals surface area contributed by atoms with Crippen molar-refractivity contribution < 1.29 is 14.3 Å². The smallest absolute Gasteiger partial charge is 0.188 e. The van der Waals surface area contributed by atoms with E-state index < -0.39 is 0 Å². The Hall–Kier alpha value is -3.35. The Kier molecular flexibility index (Phi) is 3.84. The Morgan fingerprint density at radius 1 is 1.19 bits per heavy atom. The average molecular weight is 350 g/mol. The van der Waals surface area contributed by atoms with Crippen molar-refractivity contribution >= 4 is 23.0 Å². The van der Waals surface area contributed by atoms with E-state index >= 15 is 0 Å². The van der Waals surface area contributed by atoms with Gasteiger partial charge in [0.15, 0.2) is 5.78 Å². The van der Waals surface area contributed by atoms with Gasteiger partial charge >= 0.3 is 0 Å². The molecule has 0 aliphatic carbocycles. The molecule has 0 unspecified atom stereocenters. The fourth-order valence-electron chi connectivity index (χ4n) is 3.29. The molecule has 26 heavy (non-hydrogen) atoms. The number of nitrogens with zero attached hydrogens (tertiary/aromatic N) is 2. The minimum absolute atomic E-state index is 0.0833. The summed E-state index contributed by atoms with van der Waals surface area (Å²) >= 11 is 0. The number of rotatable bonds is 3. The molecule has 2 aliphatic rings. The molecule has 132 valence electrons. The number of ketones is 1. The fourth-order valence-corrected chi connectivity index (χ4v) is 3.29. The van der Waals surface area contributed by atoms with Crippen molar-refractivity contribution in [3.63, 3.8) is 0 Å². The van der Waals surface area contributed by atoms with Crippen LogP contribution in [0.1, 0.15) is 5.56 Å². The lowest BCUT2D eigenvalue weighted by Gasteiger charge is -2.19. The molecule has 0 amide bonds. The highest BCUT2D eigenvalue weighted by Gasteiger charge is 2.36. The van der Waals surface area contributed by atoms with Gasteiger partial charge in [-0.3, -0.25) is 15.2 Å². The zero-order chi connectivity index (χ0) is 18.3. The first-order valence-corrected chi connectivity index (χ1v) is 8.16. The summed E-state index contributed by atoms with van der Waals surface area (Å²) in [6.07, 6.45) is 4.05. The molecular formula is C19H18N4O3. The second-order valence-electron chi connectivity index (χ2n) is 6.12. The summed E-state index contributed by atoms with van der Waals surface area (Å²) in [7, 11) is 3.14. The minimum atomic E-state index is -0.0833. The van der Waals surface area contributed by atoms with E-state index in [1.165, 1.54) is 0 Å². The molecule has 1 aromatic carbocycles. The van der Waals surface area contributed by atoms with E-state index in [0.717, 1.165) is 16.9 Å². The maximum atomic E-state index is 12.7. The number of anilines is 2. The van der Waals surface area contributed by atoms with Crippen LogP contribution in [-0.2, 0) is 11.2 Å². The van der Waals surface area contributed by atoms with Crippen LogP contribution < -0.4 is 19.7 Å². The third-order valence-corrected chi connectivity index (χ3v) is 4.60.